The molecule has 4 rings (SSSR count). The third-order valence-electron chi connectivity index (χ3n) is 5.97. The van der Waals surface area contributed by atoms with Crippen LogP contribution in [0.3, 0.4) is 0 Å². The molecule has 9 nitrogen and oxygen atoms in total. The molecule has 166 valence electrons. The van der Waals surface area contributed by atoms with E-state index in [0.29, 0.717) is 0 Å². The number of nitrogens with zero attached hydrogens (tertiary/aromatic N) is 7. The van der Waals surface area contributed by atoms with E-state index >= 15 is 0 Å². The molecule has 0 radical (unpaired) electrons. The van der Waals surface area contributed by atoms with E-state index in [1.807, 2.05) is 12.1 Å². The van der Waals surface area contributed by atoms with Gasteiger partial charge in [0.05, 0.1) is 25.2 Å². The van der Waals surface area contributed by atoms with Crippen molar-refractivity contribution in [1.82, 2.24) is 25.1 Å². The fourth-order valence-corrected chi connectivity index (χ4v) is 3.97. The van der Waals surface area contributed by atoms with Crippen molar-refractivity contribution >= 4 is 17.6 Å². The Bertz CT molecular complexity index is 1090. The molecule has 1 aliphatic rings. The van der Waals surface area contributed by atoms with Crippen LogP contribution in [0.1, 0.15) is 39.8 Å². The van der Waals surface area contributed by atoms with Crippen molar-refractivity contribution in [3.8, 4) is 0 Å². The lowest BCUT2D eigenvalue weighted by Crippen LogP contribution is -2.53. The highest BCUT2D eigenvalue weighted by atomic mass is 16.5. The fraction of sp³-hybridized carbons (Fsp3) is 0.391. The van der Waals surface area contributed by atoms with Crippen LogP contribution in [-0.4, -0.2) is 63.9 Å². The third-order valence-corrected chi connectivity index (χ3v) is 5.97. The summed E-state index contributed by atoms with van der Waals surface area (Å²) >= 11 is 0. The Balaban J connectivity index is 1.47. The normalized spacial score (nSPS) is 16.2. The molecule has 3 aromatic rings. The minimum Gasteiger partial charge on any atom is -0.464 e. The van der Waals surface area contributed by atoms with Gasteiger partial charge in [-0.05, 0) is 49.6 Å². The minimum absolute atomic E-state index is 0.194. The average molecular weight is 434 g/mol. The van der Waals surface area contributed by atoms with Crippen LogP contribution in [-0.2, 0) is 11.2 Å². The van der Waals surface area contributed by atoms with Gasteiger partial charge in [-0.2, -0.15) is 5.10 Å². The fourth-order valence-electron chi connectivity index (χ4n) is 3.97. The maximum absolute atomic E-state index is 11.6. The van der Waals surface area contributed by atoms with Crippen LogP contribution in [0.15, 0.2) is 36.9 Å². The Morgan fingerprint density at radius 1 is 1.09 bits per heavy atom. The van der Waals surface area contributed by atoms with Gasteiger partial charge in [-0.25, -0.2) is 14.8 Å². The first-order valence-corrected chi connectivity index (χ1v) is 10.6. The molecule has 0 saturated carbocycles. The molecule has 0 amide bonds. The number of esters is 1. The highest BCUT2D eigenvalue weighted by molar-refractivity contribution is 5.86. The van der Waals surface area contributed by atoms with Gasteiger partial charge in [0.2, 0.25) is 0 Å². The molecular weight excluding hydrogens is 406 g/mol. The second kappa shape index (κ2) is 9.25. The molecular formula is C23H27N7O2. The van der Waals surface area contributed by atoms with Gasteiger partial charge in [-0.1, -0.05) is 0 Å². The maximum atomic E-state index is 11.6. The summed E-state index contributed by atoms with van der Waals surface area (Å²) in [6, 6.07) is 4.21. The van der Waals surface area contributed by atoms with E-state index < -0.39 is 5.97 Å². The van der Waals surface area contributed by atoms with Gasteiger partial charge in [0.15, 0.2) is 11.5 Å². The first kappa shape index (κ1) is 21.6. The smallest absolute Gasteiger partial charge is 0.358 e. The van der Waals surface area contributed by atoms with Crippen molar-refractivity contribution in [2.24, 2.45) is 0 Å². The number of rotatable bonds is 5. The monoisotopic (exact) mass is 433 g/mol. The van der Waals surface area contributed by atoms with E-state index in [2.05, 4.69) is 55.7 Å². The van der Waals surface area contributed by atoms with Crippen LogP contribution >= 0.6 is 0 Å². The van der Waals surface area contributed by atoms with Gasteiger partial charge in [0, 0.05) is 44.5 Å². The molecule has 0 aromatic carbocycles. The zero-order valence-corrected chi connectivity index (χ0v) is 18.8. The molecule has 1 saturated heterocycles. The molecule has 1 aliphatic heterocycles. The van der Waals surface area contributed by atoms with Gasteiger partial charge >= 0.3 is 5.97 Å². The summed E-state index contributed by atoms with van der Waals surface area (Å²) in [5, 5.41) is 9.15. The SMILES string of the molecule is COC(=O)c1cnc(N2CCN(c3nnc(Cc4ccncc4)c(C)c3C)C[C@H]2C)cn1. The van der Waals surface area contributed by atoms with Crippen LogP contribution in [0.5, 0.6) is 0 Å². The van der Waals surface area contributed by atoms with E-state index in [9.17, 15) is 4.79 Å². The number of anilines is 2. The van der Waals surface area contributed by atoms with Gasteiger partial charge in [0.25, 0.3) is 0 Å². The third kappa shape index (κ3) is 4.37. The molecule has 3 aromatic heterocycles. The predicted molar refractivity (Wildman–Crippen MR) is 121 cm³/mol. The highest BCUT2D eigenvalue weighted by Crippen LogP contribution is 2.26. The molecule has 1 fully saturated rings. The minimum atomic E-state index is -0.487. The Morgan fingerprint density at radius 2 is 1.88 bits per heavy atom. The standard InChI is InChI=1S/C23H27N7O2/c1-15-14-29(9-10-30(15)21-13-25-20(12-26-21)23(31)32-4)22-17(3)16(2)19(27-28-22)11-18-5-7-24-8-6-18/h5-8,12-13,15H,9-11,14H2,1-4H3/t15-/m1/s1. The van der Waals surface area contributed by atoms with Crippen LogP contribution in [0.4, 0.5) is 11.6 Å². The summed E-state index contributed by atoms with van der Waals surface area (Å²) in [6.07, 6.45) is 7.43. The number of methoxy groups -OCH3 is 1. The average Bonchev–Trinajstić information content (AvgIpc) is 2.82. The highest BCUT2D eigenvalue weighted by Gasteiger charge is 2.27. The quantitative estimate of drug-likeness (QED) is 0.562. The van der Waals surface area contributed by atoms with Crippen LogP contribution in [0.25, 0.3) is 0 Å². The number of pyridine rings is 1. The number of aromatic nitrogens is 5. The lowest BCUT2D eigenvalue weighted by atomic mass is 10.0. The van der Waals surface area contributed by atoms with E-state index in [-0.39, 0.29) is 11.7 Å². The Morgan fingerprint density at radius 3 is 2.53 bits per heavy atom. The molecule has 0 aliphatic carbocycles. The number of hydrogen-bond donors (Lipinski definition) is 0. The van der Waals surface area contributed by atoms with E-state index in [4.69, 9.17) is 4.74 Å². The lowest BCUT2D eigenvalue weighted by molar-refractivity contribution is 0.0593. The molecule has 0 spiro atoms. The topological polar surface area (TPSA) is 97.2 Å². The van der Waals surface area contributed by atoms with E-state index in [1.54, 1.807) is 18.6 Å². The van der Waals surface area contributed by atoms with Crippen LogP contribution in [0.2, 0.25) is 0 Å². The van der Waals surface area contributed by atoms with Crippen molar-refractivity contribution < 1.29 is 9.53 Å². The second-order valence-electron chi connectivity index (χ2n) is 7.99. The summed E-state index contributed by atoms with van der Waals surface area (Å²) in [5.74, 6) is 1.19. The Kier molecular flexibility index (Phi) is 6.25. The molecule has 1 atom stereocenters. The van der Waals surface area contributed by atoms with E-state index in [1.165, 1.54) is 24.4 Å². The van der Waals surface area contributed by atoms with Gasteiger partial charge < -0.3 is 14.5 Å². The van der Waals surface area contributed by atoms with Crippen molar-refractivity contribution in [3.05, 3.63) is 65.0 Å². The molecule has 4 heterocycles. The van der Waals surface area contributed by atoms with Crippen LogP contribution in [0, 0.1) is 13.8 Å². The van der Waals surface area contributed by atoms with Crippen molar-refractivity contribution in [3.63, 3.8) is 0 Å². The number of ether oxygens (including phenoxy) is 1. The molecule has 0 bridgehead atoms. The second-order valence-corrected chi connectivity index (χ2v) is 7.99. The Hall–Kier alpha value is -3.62. The molecule has 32 heavy (non-hydrogen) atoms. The van der Waals surface area contributed by atoms with Crippen molar-refractivity contribution in [2.75, 3.05) is 36.5 Å². The largest absolute Gasteiger partial charge is 0.464 e. The number of carbonyl (C=O) groups excluding carboxylic acids is 1. The van der Waals surface area contributed by atoms with Crippen molar-refractivity contribution in [1.29, 1.82) is 0 Å². The summed E-state index contributed by atoms with van der Waals surface area (Å²) in [7, 11) is 1.33. The number of hydrogen-bond acceptors (Lipinski definition) is 9. The molecule has 0 N–H and O–H groups in total. The molecule has 9 heteroatoms. The van der Waals surface area contributed by atoms with E-state index in [0.717, 1.165) is 48.9 Å². The summed E-state index contributed by atoms with van der Waals surface area (Å²) in [4.78, 5) is 28.7. The Labute approximate surface area is 187 Å². The zero-order valence-electron chi connectivity index (χ0n) is 18.8. The number of piperazine rings is 1. The first-order chi connectivity index (χ1) is 15.5. The van der Waals surface area contributed by atoms with Gasteiger partial charge in [-0.15, -0.1) is 5.10 Å². The predicted octanol–water partition coefficient (Wildman–Crippen LogP) is 2.37. The summed E-state index contributed by atoms with van der Waals surface area (Å²) in [6.45, 7) is 8.73. The van der Waals surface area contributed by atoms with Crippen molar-refractivity contribution in [2.45, 2.75) is 33.2 Å². The first-order valence-electron chi connectivity index (χ1n) is 10.6. The summed E-state index contributed by atoms with van der Waals surface area (Å²) < 4.78 is 4.69. The number of carbonyl (C=O) groups is 1. The maximum Gasteiger partial charge on any atom is 0.358 e. The van der Waals surface area contributed by atoms with Gasteiger partial charge in [-0.3, -0.25) is 4.98 Å². The molecule has 0 unspecified atom stereocenters. The summed E-state index contributed by atoms with van der Waals surface area (Å²) in [5.41, 5.74) is 4.70. The van der Waals surface area contributed by atoms with Crippen LogP contribution < -0.4 is 9.80 Å². The van der Waals surface area contributed by atoms with Gasteiger partial charge in [0.1, 0.15) is 5.82 Å². The lowest BCUT2D eigenvalue weighted by Gasteiger charge is -2.41. The zero-order chi connectivity index (χ0) is 22.7.